The molecule has 1 aliphatic rings. The molecule has 0 aliphatic heterocycles. The minimum atomic E-state index is -3.52. The molecule has 0 bridgehead atoms. The lowest BCUT2D eigenvalue weighted by Gasteiger charge is -2.30. The molecule has 3 rings (SSSR count). The van der Waals surface area contributed by atoms with Crippen LogP contribution in [0, 0.1) is 6.92 Å². The van der Waals surface area contributed by atoms with Crippen LogP contribution in [0.1, 0.15) is 56.6 Å². The van der Waals surface area contributed by atoms with Gasteiger partial charge in [-0.05, 0) is 68.5 Å². The van der Waals surface area contributed by atoms with Gasteiger partial charge in [0.2, 0.25) is 21.8 Å². The summed E-state index contributed by atoms with van der Waals surface area (Å²) in [6.45, 7) is 4.05. The van der Waals surface area contributed by atoms with Crippen LogP contribution in [0.5, 0.6) is 0 Å². The highest BCUT2D eigenvalue weighted by molar-refractivity contribution is 7.92. The van der Waals surface area contributed by atoms with Gasteiger partial charge in [-0.25, -0.2) is 8.42 Å². The molecule has 7 nitrogen and oxygen atoms in total. The zero-order valence-corrected chi connectivity index (χ0v) is 22.8. The highest BCUT2D eigenvalue weighted by atomic mass is 35.5. The summed E-state index contributed by atoms with van der Waals surface area (Å²) in [5.41, 5.74) is 2.35. The van der Waals surface area contributed by atoms with Crippen molar-refractivity contribution in [3.63, 3.8) is 0 Å². The second kappa shape index (κ2) is 12.6. The van der Waals surface area contributed by atoms with Gasteiger partial charge >= 0.3 is 0 Å². The predicted octanol–water partition coefficient (Wildman–Crippen LogP) is 4.67. The fraction of sp³-hybridized carbons (Fsp3) is 0.481. The molecule has 1 saturated carbocycles. The van der Waals surface area contributed by atoms with E-state index in [1.165, 1.54) is 4.31 Å². The molecule has 9 heteroatoms. The minimum absolute atomic E-state index is 0.111. The maximum Gasteiger partial charge on any atom is 0.242 e. The monoisotopic (exact) mass is 533 g/mol. The number of hydrogen-bond acceptors (Lipinski definition) is 4. The molecule has 1 aliphatic carbocycles. The summed E-state index contributed by atoms with van der Waals surface area (Å²) < 4.78 is 26.2. The maximum atomic E-state index is 13.4. The first-order valence-electron chi connectivity index (χ1n) is 12.4. The van der Waals surface area contributed by atoms with Gasteiger partial charge in [0.1, 0.15) is 6.04 Å². The highest BCUT2D eigenvalue weighted by Gasteiger charge is 2.28. The molecule has 0 unspecified atom stereocenters. The number of anilines is 1. The molecule has 0 saturated heterocycles. The van der Waals surface area contributed by atoms with Crippen molar-refractivity contribution in [2.45, 2.75) is 71.0 Å². The number of amides is 2. The third-order valence-electron chi connectivity index (χ3n) is 6.55. The molecule has 1 atom stereocenters. The number of rotatable bonds is 11. The van der Waals surface area contributed by atoms with Gasteiger partial charge in [0, 0.05) is 30.6 Å². The molecular weight excluding hydrogens is 498 g/mol. The number of carbonyl (C=O) groups is 2. The van der Waals surface area contributed by atoms with E-state index in [-0.39, 0.29) is 37.4 Å². The third-order valence-corrected chi connectivity index (χ3v) is 7.98. The van der Waals surface area contributed by atoms with Crippen molar-refractivity contribution in [3.05, 3.63) is 64.7 Å². The van der Waals surface area contributed by atoms with Crippen LogP contribution in [0.15, 0.2) is 48.5 Å². The van der Waals surface area contributed by atoms with Crippen LogP contribution in [0.25, 0.3) is 0 Å². The summed E-state index contributed by atoms with van der Waals surface area (Å²) in [6, 6.07) is 14.0. The van der Waals surface area contributed by atoms with Crippen molar-refractivity contribution < 1.29 is 18.0 Å². The maximum absolute atomic E-state index is 13.4. The molecule has 196 valence electrons. The number of benzene rings is 2. The van der Waals surface area contributed by atoms with Gasteiger partial charge < -0.3 is 10.2 Å². The van der Waals surface area contributed by atoms with Gasteiger partial charge in [0.15, 0.2) is 0 Å². The van der Waals surface area contributed by atoms with Crippen LogP contribution in [-0.4, -0.2) is 50.0 Å². The highest BCUT2D eigenvalue weighted by Crippen LogP contribution is 2.22. The molecule has 2 amide bonds. The summed E-state index contributed by atoms with van der Waals surface area (Å²) in [7, 11) is -3.52. The summed E-state index contributed by atoms with van der Waals surface area (Å²) in [5.74, 6) is -0.378. The summed E-state index contributed by atoms with van der Waals surface area (Å²) in [5, 5.41) is 3.65. The van der Waals surface area contributed by atoms with E-state index in [0.717, 1.165) is 43.1 Å². The molecule has 0 heterocycles. The quantitative estimate of drug-likeness (QED) is 0.454. The van der Waals surface area contributed by atoms with Crippen molar-refractivity contribution in [2.24, 2.45) is 0 Å². The van der Waals surface area contributed by atoms with E-state index < -0.39 is 16.1 Å². The van der Waals surface area contributed by atoms with Gasteiger partial charge in [-0.3, -0.25) is 13.9 Å². The first kappa shape index (κ1) is 28.0. The van der Waals surface area contributed by atoms with E-state index in [2.05, 4.69) is 5.32 Å². The average molecular weight is 534 g/mol. The van der Waals surface area contributed by atoms with Gasteiger partial charge in [0.05, 0.1) is 11.9 Å². The van der Waals surface area contributed by atoms with Crippen molar-refractivity contribution in [3.8, 4) is 0 Å². The third kappa shape index (κ3) is 7.96. The second-order valence-electron chi connectivity index (χ2n) is 9.60. The molecule has 2 aromatic rings. The van der Waals surface area contributed by atoms with Crippen LogP contribution in [0.3, 0.4) is 0 Å². The summed E-state index contributed by atoms with van der Waals surface area (Å²) in [4.78, 5) is 28.0. The number of hydrogen-bond donors (Lipinski definition) is 1. The normalized spacial score (nSPS) is 14.9. The van der Waals surface area contributed by atoms with Crippen molar-refractivity contribution in [1.29, 1.82) is 0 Å². The molecule has 36 heavy (non-hydrogen) atoms. The molecule has 0 aromatic heterocycles. The van der Waals surface area contributed by atoms with Crippen molar-refractivity contribution >= 4 is 39.1 Å². The van der Waals surface area contributed by atoms with Crippen LogP contribution < -0.4 is 9.62 Å². The van der Waals surface area contributed by atoms with E-state index in [0.29, 0.717) is 17.1 Å². The Hall–Kier alpha value is -2.58. The Morgan fingerprint density at radius 3 is 2.44 bits per heavy atom. The molecule has 1 N–H and O–H groups in total. The number of sulfonamides is 1. The Morgan fingerprint density at radius 1 is 1.11 bits per heavy atom. The van der Waals surface area contributed by atoms with Crippen LogP contribution in [-0.2, 0) is 26.2 Å². The van der Waals surface area contributed by atoms with E-state index in [1.807, 2.05) is 37.3 Å². The molecule has 2 aromatic carbocycles. The summed E-state index contributed by atoms with van der Waals surface area (Å²) in [6.07, 6.45) is 5.72. The minimum Gasteiger partial charge on any atom is -0.352 e. The molecule has 1 fully saturated rings. The van der Waals surface area contributed by atoms with Crippen molar-refractivity contribution in [1.82, 2.24) is 10.2 Å². The lowest BCUT2D eigenvalue weighted by Crippen LogP contribution is -2.49. The molecule has 0 spiro atoms. The SMILES string of the molecule is Cc1cccc(N(CCCC(=O)N(Cc2cccc(Cl)c2)[C@H](C)C(=O)NC2CCCC2)S(C)(=O)=O)c1. The van der Waals surface area contributed by atoms with Gasteiger partial charge in [-0.1, -0.05) is 48.7 Å². The van der Waals surface area contributed by atoms with Crippen LogP contribution in [0.4, 0.5) is 5.69 Å². The van der Waals surface area contributed by atoms with Gasteiger partial charge in [-0.2, -0.15) is 0 Å². The standard InChI is InChI=1S/C27H36ClN3O4S/c1-20-9-6-14-25(17-20)31(36(3,34)35)16-8-15-26(32)30(19-22-10-7-11-23(28)18-22)21(2)27(33)29-24-12-4-5-13-24/h6-7,9-11,14,17-18,21,24H,4-5,8,12-13,15-16,19H2,1-3H3,(H,29,33)/t21-/m1/s1. The first-order valence-corrected chi connectivity index (χ1v) is 14.7. The fourth-order valence-electron chi connectivity index (χ4n) is 4.59. The van der Waals surface area contributed by atoms with E-state index in [1.54, 1.807) is 30.0 Å². The number of aryl methyl sites for hydroxylation is 1. The van der Waals surface area contributed by atoms with E-state index in [4.69, 9.17) is 11.6 Å². The lowest BCUT2D eigenvalue weighted by atomic mass is 10.1. The Labute approximate surface area is 219 Å². The van der Waals surface area contributed by atoms with E-state index >= 15 is 0 Å². The number of nitrogens with one attached hydrogen (secondary N) is 1. The zero-order chi connectivity index (χ0) is 26.3. The van der Waals surface area contributed by atoms with Gasteiger partial charge in [-0.15, -0.1) is 0 Å². The van der Waals surface area contributed by atoms with E-state index in [9.17, 15) is 18.0 Å². The smallest absolute Gasteiger partial charge is 0.242 e. The first-order chi connectivity index (χ1) is 17.0. The largest absolute Gasteiger partial charge is 0.352 e. The Kier molecular flexibility index (Phi) is 9.79. The lowest BCUT2D eigenvalue weighted by molar-refractivity contribution is -0.141. The number of carbonyl (C=O) groups excluding carboxylic acids is 2. The van der Waals surface area contributed by atoms with Crippen LogP contribution in [0.2, 0.25) is 5.02 Å². The number of halogens is 1. The topological polar surface area (TPSA) is 86.8 Å². The zero-order valence-electron chi connectivity index (χ0n) is 21.2. The predicted molar refractivity (Wildman–Crippen MR) is 144 cm³/mol. The van der Waals surface area contributed by atoms with Gasteiger partial charge in [0.25, 0.3) is 0 Å². The van der Waals surface area contributed by atoms with Crippen LogP contribution >= 0.6 is 11.6 Å². The second-order valence-corrected chi connectivity index (χ2v) is 11.9. The Bertz CT molecular complexity index is 1170. The Morgan fingerprint density at radius 2 is 1.81 bits per heavy atom. The number of nitrogens with zero attached hydrogens (tertiary/aromatic N) is 2. The fourth-order valence-corrected chi connectivity index (χ4v) is 5.76. The summed E-state index contributed by atoms with van der Waals surface area (Å²) >= 11 is 6.15. The van der Waals surface area contributed by atoms with Crippen molar-refractivity contribution in [2.75, 3.05) is 17.1 Å². The molecular formula is C27H36ClN3O4S. The Balaban J connectivity index is 1.72. The average Bonchev–Trinajstić information content (AvgIpc) is 3.32. The molecule has 0 radical (unpaired) electrons.